The minimum atomic E-state index is -0.505. The molecule has 0 saturated heterocycles. The summed E-state index contributed by atoms with van der Waals surface area (Å²) in [5, 5.41) is 9.00. The Balaban J connectivity index is 2.04. The van der Waals surface area contributed by atoms with Crippen LogP contribution in [0.4, 0.5) is 0 Å². The fourth-order valence-corrected chi connectivity index (χ4v) is 1.74. The summed E-state index contributed by atoms with van der Waals surface area (Å²) in [7, 11) is 0. The molecule has 98 valence electrons. The zero-order valence-electron chi connectivity index (χ0n) is 10.4. The first-order valence-corrected chi connectivity index (χ1v) is 6.21. The minimum Gasteiger partial charge on any atom is -0.423 e. The van der Waals surface area contributed by atoms with Crippen LogP contribution in [0.1, 0.15) is 11.1 Å². The molecular formula is C16H10ClNO2. The van der Waals surface area contributed by atoms with Gasteiger partial charge in [-0.25, -0.2) is 4.79 Å². The summed E-state index contributed by atoms with van der Waals surface area (Å²) < 4.78 is 5.10. The number of halogens is 1. The number of ether oxygens (including phenoxy) is 1. The molecule has 2 aromatic carbocycles. The molecule has 0 amide bonds. The lowest BCUT2D eigenvalue weighted by Crippen LogP contribution is -2.03. The number of esters is 1. The summed E-state index contributed by atoms with van der Waals surface area (Å²) in [4.78, 5) is 11.6. The molecule has 0 radical (unpaired) electrons. The standard InChI is InChI=1S/C16H10ClNO2/c17-15-10-14(8-7-13(15)11-18)20-16(19)9-6-12-4-2-1-3-5-12/h1-10H. The van der Waals surface area contributed by atoms with Crippen molar-refractivity contribution in [3.8, 4) is 11.8 Å². The third-order valence-electron chi connectivity index (χ3n) is 2.49. The Morgan fingerprint density at radius 1 is 1.20 bits per heavy atom. The van der Waals surface area contributed by atoms with E-state index >= 15 is 0 Å². The molecule has 20 heavy (non-hydrogen) atoms. The molecule has 0 saturated carbocycles. The van der Waals surface area contributed by atoms with E-state index in [0.29, 0.717) is 11.3 Å². The van der Waals surface area contributed by atoms with Crippen LogP contribution in [-0.2, 0) is 4.79 Å². The Bertz CT molecular complexity index is 687. The zero-order chi connectivity index (χ0) is 14.4. The minimum absolute atomic E-state index is 0.254. The average Bonchev–Trinajstić information content (AvgIpc) is 2.46. The summed E-state index contributed by atoms with van der Waals surface area (Å²) >= 11 is 5.85. The van der Waals surface area contributed by atoms with Crippen LogP contribution in [0.3, 0.4) is 0 Å². The van der Waals surface area contributed by atoms with Gasteiger partial charge in [-0.15, -0.1) is 0 Å². The Morgan fingerprint density at radius 3 is 2.60 bits per heavy atom. The highest BCUT2D eigenvalue weighted by atomic mass is 35.5. The van der Waals surface area contributed by atoms with Crippen LogP contribution in [0, 0.1) is 11.3 Å². The van der Waals surface area contributed by atoms with E-state index in [9.17, 15) is 4.79 Å². The molecule has 4 heteroatoms. The second-order valence-corrected chi connectivity index (χ2v) is 4.33. The van der Waals surface area contributed by atoms with Gasteiger partial charge < -0.3 is 4.74 Å². The second kappa shape index (κ2) is 6.55. The highest BCUT2D eigenvalue weighted by Crippen LogP contribution is 2.22. The van der Waals surface area contributed by atoms with Crippen LogP contribution >= 0.6 is 11.6 Å². The summed E-state index contributed by atoms with van der Waals surface area (Å²) in [6, 6.07) is 15.8. The third-order valence-corrected chi connectivity index (χ3v) is 2.80. The molecule has 3 nitrogen and oxygen atoms in total. The number of hydrogen-bond donors (Lipinski definition) is 0. The van der Waals surface area contributed by atoms with Gasteiger partial charge >= 0.3 is 5.97 Å². The van der Waals surface area contributed by atoms with Crippen molar-refractivity contribution in [2.45, 2.75) is 0 Å². The molecule has 2 aromatic rings. The normalized spacial score (nSPS) is 10.2. The van der Waals surface area contributed by atoms with E-state index in [1.165, 1.54) is 24.3 Å². The van der Waals surface area contributed by atoms with E-state index in [1.54, 1.807) is 6.08 Å². The van der Waals surface area contributed by atoms with Crippen LogP contribution < -0.4 is 4.74 Å². The van der Waals surface area contributed by atoms with Gasteiger partial charge in [0.25, 0.3) is 0 Å². The van der Waals surface area contributed by atoms with Gasteiger partial charge in [0.15, 0.2) is 0 Å². The SMILES string of the molecule is N#Cc1ccc(OC(=O)C=Cc2ccccc2)cc1Cl. The largest absolute Gasteiger partial charge is 0.423 e. The van der Waals surface area contributed by atoms with Crippen molar-refractivity contribution in [3.63, 3.8) is 0 Å². The smallest absolute Gasteiger partial charge is 0.336 e. The Morgan fingerprint density at radius 2 is 1.95 bits per heavy atom. The summed E-state index contributed by atoms with van der Waals surface area (Å²) in [6.45, 7) is 0. The van der Waals surface area contributed by atoms with Crippen molar-refractivity contribution in [2.24, 2.45) is 0 Å². The quantitative estimate of drug-likeness (QED) is 0.489. The Labute approximate surface area is 121 Å². The van der Waals surface area contributed by atoms with Gasteiger partial charge in [-0.1, -0.05) is 41.9 Å². The van der Waals surface area contributed by atoms with E-state index in [0.717, 1.165) is 5.56 Å². The highest BCUT2D eigenvalue weighted by Gasteiger charge is 2.04. The average molecular weight is 284 g/mol. The molecule has 0 spiro atoms. The molecule has 0 atom stereocenters. The fraction of sp³-hybridized carbons (Fsp3) is 0. The van der Waals surface area contributed by atoms with Gasteiger partial charge in [-0.3, -0.25) is 0 Å². The van der Waals surface area contributed by atoms with Gasteiger partial charge in [0.2, 0.25) is 0 Å². The summed E-state index contributed by atoms with van der Waals surface area (Å²) in [5.74, 6) is -0.202. The molecule has 0 aliphatic carbocycles. The number of hydrogen-bond acceptors (Lipinski definition) is 3. The lowest BCUT2D eigenvalue weighted by molar-refractivity contribution is -0.128. The molecule has 0 aromatic heterocycles. The maximum Gasteiger partial charge on any atom is 0.336 e. The molecule has 2 rings (SSSR count). The van der Waals surface area contributed by atoms with Gasteiger partial charge in [-0.05, 0) is 23.8 Å². The second-order valence-electron chi connectivity index (χ2n) is 3.92. The van der Waals surface area contributed by atoms with Gasteiger partial charge in [0.1, 0.15) is 11.8 Å². The van der Waals surface area contributed by atoms with Gasteiger partial charge in [-0.2, -0.15) is 5.26 Å². The molecule has 0 fully saturated rings. The number of benzene rings is 2. The van der Waals surface area contributed by atoms with Crippen molar-refractivity contribution in [1.82, 2.24) is 0 Å². The fourth-order valence-electron chi connectivity index (χ4n) is 1.53. The van der Waals surface area contributed by atoms with Gasteiger partial charge in [0.05, 0.1) is 10.6 Å². The molecule has 0 heterocycles. The van der Waals surface area contributed by atoms with Gasteiger partial charge in [0, 0.05) is 12.1 Å². The van der Waals surface area contributed by atoms with Crippen LogP contribution in [0.5, 0.6) is 5.75 Å². The topological polar surface area (TPSA) is 50.1 Å². The predicted octanol–water partition coefficient (Wildman–Crippen LogP) is 3.83. The van der Waals surface area contributed by atoms with E-state index < -0.39 is 5.97 Å². The van der Waals surface area contributed by atoms with Crippen molar-refractivity contribution < 1.29 is 9.53 Å². The first-order valence-electron chi connectivity index (χ1n) is 5.83. The Kier molecular flexibility index (Phi) is 4.54. The van der Waals surface area contributed by atoms with E-state index in [2.05, 4.69) is 0 Å². The van der Waals surface area contributed by atoms with Crippen molar-refractivity contribution in [3.05, 3.63) is 70.8 Å². The number of rotatable bonds is 3. The number of carbonyl (C=O) groups excluding carboxylic acids is 1. The Hall–Kier alpha value is -2.57. The monoisotopic (exact) mass is 283 g/mol. The molecule has 0 aliphatic heterocycles. The zero-order valence-corrected chi connectivity index (χ0v) is 11.2. The first-order chi connectivity index (χ1) is 9.69. The molecular weight excluding hydrogens is 274 g/mol. The van der Waals surface area contributed by atoms with Crippen molar-refractivity contribution in [2.75, 3.05) is 0 Å². The van der Waals surface area contributed by atoms with E-state index in [1.807, 2.05) is 36.4 Å². The number of nitrogens with zero attached hydrogens (tertiary/aromatic N) is 1. The van der Waals surface area contributed by atoms with E-state index in [-0.39, 0.29) is 5.02 Å². The van der Waals surface area contributed by atoms with Crippen LogP contribution in [-0.4, -0.2) is 5.97 Å². The van der Waals surface area contributed by atoms with Crippen LogP contribution in [0.15, 0.2) is 54.6 Å². The molecule has 0 unspecified atom stereocenters. The van der Waals surface area contributed by atoms with E-state index in [4.69, 9.17) is 21.6 Å². The lowest BCUT2D eigenvalue weighted by Gasteiger charge is -2.02. The third kappa shape index (κ3) is 3.71. The molecule has 0 bridgehead atoms. The predicted molar refractivity (Wildman–Crippen MR) is 77.3 cm³/mol. The molecule has 0 N–H and O–H groups in total. The first kappa shape index (κ1) is 13.9. The lowest BCUT2D eigenvalue weighted by atomic mass is 10.2. The summed E-state index contributed by atoms with van der Waals surface area (Å²) in [5.41, 5.74) is 1.24. The van der Waals surface area contributed by atoms with Crippen LogP contribution in [0.25, 0.3) is 6.08 Å². The van der Waals surface area contributed by atoms with Crippen molar-refractivity contribution >= 4 is 23.6 Å². The maximum atomic E-state index is 11.6. The number of nitriles is 1. The van der Waals surface area contributed by atoms with Crippen LogP contribution in [0.2, 0.25) is 5.02 Å². The van der Waals surface area contributed by atoms with Crippen molar-refractivity contribution in [1.29, 1.82) is 5.26 Å². The highest BCUT2D eigenvalue weighted by molar-refractivity contribution is 6.31. The number of carbonyl (C=O) groups is 1. The summed E-state index contributed by atoms with van der Waals surface area (Å²) in [6.07, 6.45) is 3.00. The maximum absolute atomic E-state index is 11.6. The molecule has 0 aliphatic rings.